The highest BCUT2D eigenvalue weighted by Gasteiger charge is 2.21. The molecule has 2 aromatic rings. The van der Waals surface area contributed by atoms with E-state index in [1.54, 1.807) is 5.38 Å². The quantitative estimate of drug-likeness (QED) is 0.854. The van der Waals surface area contributed by atoms with E-state index in [1.807, 2.05) is 6.92 Å². The van der Waals surface area contributed by atoms with Gasteiger partial charge in [0.1, 0.15) is 5.82 Å². The molecule has 0 spiro atoms. The fourth-order valence-electron chi connectivity index (χ4n) is 1.80. The van der Waals surface area contributed by atoms with E-state index < -0.39 is 15.8 Å². The molecule has 0 aliphatic rings. The van der Waals surface area contributed by atoms with Gasteiger partial charge >= 0.3 is 0 Å². The van der Waals surface area contributed by atoms with Crippen LogP contribution in [0.2, 0.25) is 0 Å². The molecule has 0 fully saturated rings. The normalized spacial score (nSPS) is 11.6. The summed E-state index contributed by atoms with van der Waals surface area (Å²) in [7, 11) is -3.85. The highest BCUT2D eigenvalue weighted by atomic mass is 32.2. The molecular formula is C13H16FN3O2S2. The van der Waals surface area contributed by atoms with Gasteiger partial charge in [0, 0.05) is 23.7 Å². The Morgan fingerprint density at radius 3 is 2.76 bits per heavy atom. The van der Waals surface area contributed by atoms with Gasteiger partial charge in [0.2, 0.25) is 0 Å². The number of benzene rings is 1. The molecule has 0 atom stereocenters. The van der Waals surface area contributed by atoms with Crippen molar-refractivity contribution in [2.45, 2.75) is 25.3 Å². The Morgan fingerprint density at radius 2 is 2.14 bits per heavy atom. The summed E-state index contributed by atoms with van der Waals surface area (Å²) in [5.74, 6) is -0.537. The van der Waals surface area contributed by atoms with Crippen molar-refractivity contribution >= 4 is 26.5 Å². The Morgan fingerprint density at radius 1 is 1.38 bits per heavy atom. The number of sulfonamides is 1. The summed E-state index contributed by atoms with van der Waals surface area (Å²) in [5, 5.41) is 4.96. The first-order chi connectivity index (χ1) is 9.94. The predicted molar refractivity (Wildman–Crippen MR) is 81.4 cm³/mol. The lowest BCUT2D eigenvalue weighted by Gasteiger charge is -2.12. The van der Waals surface area contributed by atoms with Gasteiger partial charge in [-0.15, -0.1) is 11.3 Å². The van der Waals surface area contributed by atoms with Crippen molar-refractivity contribution in [2.24, 2.45) is 0 Å². The standard InChI is InChI=1S/C13H16FN3O2S2/c1-3-15-8-10-6-11(14)9(2)12(7-10)21(18,19)17-13-16-4-5-20-13/h4-7,15H,3,8H2,1-2H3,(H,16,17). The van der Waals surface area contributed by atoms with Gasteiger partial charge in [-0.3, -0.25) is 4.72 Å². The molecule has 114 valence electrons. The summed E-state index contributed by atoms with van der Waals surface area (Å²) in [6, 6.07) is 2.83. The van der Waals surface area contributed by atoms with Crippen LogP contribution in [0.1, 0.15) is 18.1 Å². The molecule has 0 aliphatic heterocycles. The number of nitrogens with one attached hydrogen (secondary N) is 2. The van der Waals surface area contributed by atoms with Crippen LogP contribution in [0.15, 0.2) is 28.6 Å². The topological polar surface area (TPSA) is 71.1 Å². The molecule has 1 aromatic carbocycles. The van der Waals surface area contributed by atoms with E-state index in [0.29, 0.717) is 12.1 Å². The number of thiazole rings is 1. The van der Waals surface area contributed by atoms with Crippen molar-refractivity contribution in [3.63, 3.8) is 0 Å². The van der Waals surface area contributed by atoms with Crippen LogP contribution in [0.4, 0.5) is 9.52 Å². The van der Waals surface area contributed by atoms with Crippen molar-refractivity contribution in [2.75, 3.05) is 11.3 Å². The molecule has 21 heavy (non-hydrogen) atoms. The maximum Gasteiger partial charge on any atom is 0.264 e. The Bertz CT molecular complexity index is 715. The van der Waals surface area contributed by atoms with Gasteiger partial charge in [-0.05, 0) is 31.2 Å². The third-order valence-corrected chi connectivity index (χ3v) is 5.16. The van der Waals surface area contributed by atoms with Crippen LogP contribution in [0.25, 0.3) is 0 Å². The molecule has 2 N–H and O–H groups in total. The van der Waals surface area contributed by atoms with Gasteiger partial charge in [-0.25, -0.2) is 17.8 Å². The number of hydrogen-bond acceptors (Lipinski definition) is 5. The van der Waals surface area contributed by atoms with Crippen LogP contribution < -0.4 is 10.0 Å². The fraction of sp³-hybridized carbons (Fsp3) is 0.308. The number of rotatable bonds is 6. The number of hydrogen-bond donors (Lipinski definition) is 2. The molecule has 0 saturated heterocycles. The number of halogens is 1. The fourth-order valence-corrected chi connectivity index (χ4v) is 3.89. The minimum absolute atomic E-state index is 0.0643. The second-order valence-electron chi connectivity index (χ2n) is 4.42. The van der Waals surface area contributed by atoms with Crippen molar-refractivity contribution in [1.82, 2.24) is 10.3 Å². The van der Waals surface area contributed by atoms with E-state index >= 15 is 0 Å². The van der Waals surface area contributed by atoms with Crippen molar-refractivity contribution in [1.29, 1.82) is 0 Å². The maximum absolute atomic E-state index is 13.9. The summed E-state index contributed by atoms with van der Waals surface area (Å²) >= 11 is 1.17. The molecule has 0 unspecified atom stereocenters. The summed E-state index contributed by atoms with van der Waals surface area (Å²) in [6.07, 6.45) is 1.50. The first-order valence-corrected chi connectivity index (χ1v) is 8.72. The van der Waals surface area contributed by atoms with Gasteiger partial charge < -0.3 is 5.32 Å². The van der Waals surface area contributed by atoms with Crippen LogP contribution in [0, 0.1) is 12.7 Å². The van der Waals surface area contributed by atoms with E-state index in [0.717, 1.165) is 6.54 Å². The Kier molecular flexibility index (Phi) is 4.92. The zero-order valence-electron chi connectivity index (χ0n) is 11.7. The van der Waals surface area contributed by atoms with Gasteiger partial charge in [-0.2, -0.15) is 0 Å². The lowest BCUT2D eigenvalue weighted by molar-refractivity contribution is 0.587. The van der Waals surface area contributed by atoms with Crippen molar-refractivity contribution in [3.8, 4) is 0 Å². The zero-order valence-corrected chi connectivity index (χ0v) is 13.3. The third-order valence-electron chi connectivity index (χ3n) is 2.88. The first kappa shape index (κ1) is 15.9. The molecule has 0 amide bonds. The Labute approximate surface area is 127 Å². The van der Waals surface area contributed by atoms with Gasteiger partial charge in [0.15, 0.2) is 5.13 Å². The average Bonchev–Trinajstić information content (AvgIpc) is 2.91. The maximum atomic E-state index is 13.9. The Balaban J connectivity index is 2.39. The third kappa shape index (κ3) is 3.78. The molecule has 0 radical (unpaired) electrons. The summed E-state index contributed by atoms with van der Waals surface area (Å²) < 4.78 is 41.0. The number of anilines is 1. The van der Waals surface area contributed by atoms with Crippen molar-refractivity contribution < 1.29 is 12.8 Å². The number of nitrogens with zero attached hydrogens (tertiary/aromatic N) is 1. The van der Waals surface area contributed by atoms with E-state index in [-0.39, 0.29) is 15.6 Å². The van der Waals surface area contributed by atoms with E-state index in [4.69, 9.17) is 0 Å². The molecule has 1 heterocycles. The van der Waals surface area contributed by atoms with Crippen LogP contribution in [-0.4, -0.2) is 19.9 Å². The van der Waals surface area contributed by atoms with Gasteiger partial charge in [0.25, 0.3) is 10.0 Å². The van der Waals surface area contributed by atoms with E-state index in [2.05, 4.69) is 15.0 Å². The minimum Gasteiger partial charge on any atom is -0.313 e. The van der Waals surface area contributed by atoms with Crippen LogP contribution >= 0.6 is 11.3 Å². The summed E-state index contributed by atoms with van der Waals surface area (Å²) in [6.45, 7) is 4.50. The minimum atomic E-state index is -3.85. The van der Waals surface area contributed by atoms with E-state index in [9.17, 15) is 12.8 Å². The van der Waals surface area contributed by atoms with Crippen LogP contribution in [0.5, 0.6) is 0 Å². The SMILES string of the molecule is CCNCc1cc(F)c(C)c(S(=O)(=O)Nc2nccs2)c1. The highest BCUT2D eigenvalue weighted by Crippen LogP contribution is 2.24. The van der Waals surface area contributed by atoms with Crippen LogP contribution in [-0.2, 0) is 16.6 Å². The molecule has 2 rings (SSSR count). The second-order valence-corrected chi connectivity index (χ2v) is 6.97. The molecule has 8 heteroatoms. The molecule has 1 aromatic heterocycles. The summed E-state index contributed by atoms with van der Waals surface area (Å²) in [4.78, 5) is 3.81. The lowest BCUT2D eigenvalue weighted by atomic mass is 10.1. The number of aromatic nitrogens is 1. The monoisotopic (exact) mass is 329 g/mol. The average molecular weight is 329 g/mol. The second kappa shape index (κ2) is 6.50. The molecule has 0 bridgehead atoms. The first-order valence-electron chi connectivity index (χ1n) is 6.36. The molecule has 0 aliphatic carbocycles. The summed E-state index contributed by atoms with van der Waals surface area (Å²) in [5.41, 5.74) is 0.679. The van der Waals surface area contributed by atoms with Crippen molar-refractivity contribution in [3.05, 3.63) is 40.7 Å². The molecule has 5 nitrogen and oxygen atoms in total. The Hall–Kier alpha value is -1.51. The predicted octanol–water partition coefficient (Wildman–Crippen LogP) is 2.50. The molecule has 0 saturated carbocycles. The smallest absolute Gasteiger partial charge is 0.264 e. The largest absolute Gasteiger partial charge is 0.313 e. The van der Waals surface area contributed by atoms with Gasteiger partial charge in [0.05, 0.1) is 4.90 Å². The van der Waals surface area contributed by atoms with Gasteiger partial charge in [-0.1, -0.05) is 6.92 Å². The zero-order chi connectivity index (χ0) is 15.5. The molecular weight excluding hydrogens is 313 g/mol. The lowest BCUT2D eigenvalue weighted by Crippen LogP contribution is -2.17. The highest BCUT2D eigenvalue weighted by molar-refractivity contribution is 7.93. The van der Waals surface area contributed by atoms with Crippen LogP contribution in [0.3, 0.4) is 0 Å². The van der Waals surface area contributed by atoms with E-state index in [1.165, 1.54) is 36.6 Å².